The number of ether oxygens (including phenoxy) is 1. The Morgan fingerprint density at radius 2 is 1.77 bits per heavy atom. The summed E-state index contributed by atoms with van der Waals surface area (Å²) in [5.41, 5.74) is 0.591. The maximum absolute atomic E-state index is 12.7. The second-order valence-electron chi connectivity index (χ2n) is 7.14. The van der Waals surface area contributed by atoms with Crippen molar-refractivity contribution in [3.8, 4) is 0 Å². The van der Waals surface area contributed by atoms with Crippen molar-refractivity contribution in [3.63, 3.8) is 0 Å². The molecule has 1 fully saturated rings. The van der Waals surface area contributed by atoms with Crippen LogP contribution in [0.3, 0.4) is 0 Å². The van der Waals surface area contributed by atoms with E-state index in [0.717, 1.165) is 10.5 Å². The molecule has 0 aliphatic carbocycles. The Morgan fingerprint density at radius 3 is 2.23 bits per heavy atom. The van der Waals surface area contributed by atoms with Crippen LogP contribution < -0.4 is 0 Å². The van der Waals surface area contributed by atoms with Crippen LogP contribution in [0.25, 0.3) is 0 Å². The highest BCUT2D eigenvalue weighted by Crippen LogP contribution is 2.39. The largest absolute Gasteiger partial charge is 0.459 e. The molecule has 2 unspecified atom stereocenters. The third-order valence-corrected chi connectivity index (χ3v) is 5.08. The summed E-state index contributed by atoms with van der Waals surface area (Å²) in [5, 5.41) is 0. The van der Waals surface area contributed by atoms with E-state index >= 15 is 0 Å². The third kappa shape index (κ3) is 3.76. The summed E-state index contributed by atoms with van der Waals surface area (Å²) in [6, 6.07) is 7.13. The van der Waals surface area contributed by atoms with Crippen LogP contribution >= 0.6 is 0 Å². The van der Waals surface area contributed by atoms with Crippen LogP contribution in [0.2, 0.25) is 0 Å². The van der Waals surface area contributed by atoms with Crippen molar-refractivity contribution in [2.24, 2.45) is 5.92 Å². The van der Waals surface area contributed by atoms with Gasteiger partial charge in [-0.05, 0) is 45.7 Å². The van der Waals surface area contributed by atoms with Crippen LogP contribution in [0.5, 0.6) is 0 Å². The standard InChI is InChI=1S/C17H25NO3S/c1-11(2)14-15(16(19)21-17(4,5)6)18(14)22(20)13-9-7-12(3)8-10-13/h7-11,14-15H,1-6H3/t14-,15-,18?,22?/m0/s1. The Morgan fingerprint density at radius 1 is 1.23 bits per heavy atom. The van der Waals surface area contributed by atoms with Gasteiger partial charge in [0.05, 0.1) is 10.9 Å². The predicted octanol–water partition coefficient (Wildman–Crippen LogP) is 3.07. The highest BCUT2D eigenvalue weighted by Gasteiger charge is 2.59. The van der Waals surface area contributed by atoms with E-state index in [1.807, 2.05) is 65.8 Å². The number of aryl methyl sites for hydroxylation is 1. The summed E-state index contributed by atoms with van der Waals surface area (Å²) in [7, 11) is -1.33. The molecule has 1 heterocycles. The minimum Gasteiger partial charge on any atom is -0.459 e. The number of hydrogen-bond acceptors (Lipinski definition) is 3. The van der Waals surface area contributed by atoms with Gasteiger partial charge in [0.1, 0.15) is 22.6 Å². The lowest BCUT2D eigenvalue weighted by Gasteiger charge is -2.19. The van der Waals surface area contributed by atoms with Crippen molar-refractivity contribution in [1.82, 2.24) is 4.31 Å². The molecule has 0 saturated carbocycles. The van der Waals surface area contributed by atoms with Crippen molar-refractivity contribution in [1.29, 1.82) is 0 Å². The fourth-order valence-electron chi connectivity index (χ4n) is 2.48. The van der Waals surface area contributed by atoms with E-state index < -0.39 is 22.6 Å². The van der Waals surface area contributed by atoms with Gasteiger partial charge in [0.2, 0.25) is 0 Å². The van der Waals surface area contributed by atoms with Gasteiger partial charge < -0.3 is 4.74 Å². The van der Waals surface area contributed by atoms with Crippen molar-refractivity contribution in [2.75, 3.05) is 0 Å². The maximum Gasteiger partial charge on any atom is 0.326 e. The van der Waals surface area contributed by atoms with Gasteiger partial charge in [0, 0.05) is 0 Å². The van der Waals surface area contributed by atoms with Crippen LogP contribution in [-0.4, -0.2) is 32.2 Å². The predicted molar refractivity (Wildman–Crippen MR) is 87.7 cm³/mol. The van der Waals surface area contributed by atoms with Gasteiger partial charge in [-0.15, -0.1) is 0 Å². The average Bonchev–Trinajstić information content (AvgIpc) is 3.12. The number of carbonyl (C=O) groups excluding carboxylic acids is 1. The number of nitrogens with zero attached hydrogens (tertiary/aromatic N) is 1. The van der Waals surface area contributed by atoms with E-state index in [9.17, 15) is 9.00 Å². The SMILES string of the molecule is Cc1ccc(S(=O)N2[C@H](C(=O)OC(C)(C)C)[C@@H]2C(C)C)cc1. The molecule has 0 N–H and O–H groups in total. The lowest BCUT2D eigenvalue weighted by molar-refractivity contribution is -0.154. The first kappa shape index (κ1) is 17.2. The van der Waals surface area contributed by atoms with E-state index in [1.165, 1.54) is 0 Å². The van der Waals surface area contributed by atoms with Gasteiger partial charge in [-0.1, -0.05) is 31.5 Å². The first-order valence-electron chi connectivity index (χ1n) is 7.61. The molecular formula is C17H25NO3S. The monoisotopic (exact) mass is 323 g/mol. The average molecular weight is 323 g/mol. The summed E-state index contributed by atoms with van der Waals surface area (Å²) >= 11 is 0. The van der Waals surface area contributed by atoms with Crippen LogP contribution in [0.15, 0.2) is 29.2 Å². The lowest BCUT2D eigenvalue weighted by atomic mass is 10.1. The first-order chi connectivity index (χ1) is 10.1. The molecule has 0 radical (unpaired) electrons. The van der Waals surface area contributed by atoms with Crippen LogP contribution in [-0.2, 0) is 20.5 Å². The molecule has 5 heteroatoms. The Hall–Kier alpha value is -1.20. The van der Waals surface area contributed by atoms with Crippen LogP contribution in [0.4, 0.5) is 0 Å². The molecule has 22 heavy (non-hydrogen) atoms. The van der Waals surface area contributed by atoms with Crippen molar-refractivity contribution in [2.45, 2.75) is 64.1 Å². The second kappa shape index (κ2) is 6.13. The van der Waals surface area contributed by atoms with Gasteiger partial charge in [0.15, 0.2) is 0 Å². The van der Waals surface area contributed by atoms with Gasteiger partial charge in [-0.25, -0.2) is 4.21 Å². The molecule has 4 atom stereocenters. The smallest absolute Gasteiger partial charge is 0.326 e. The summed E-state index contributed by atoms with van der Waals surface area (Å²) < 4.78 is 20.0. The highest BCUT2D eigenvalue weighted by molar-refractivity contribution is 7.83. The zero-order valence-electron chi connectivity index (χ0n) is 14.1. The van der Waals surface area contributed by atoms with Crippen LogP contribution in [0.1, 0.15) is 40.2 Å². The quantitative estimate of drug-likeness (QED) is 0.632. The summed E-state index contributed by atoms with van der Waals surface area (Å²) in [5.74, 6) is -0.0430. The zero-order valence-corrected chi connectivity index (χ0v) is 14.9. The Balaban J connectivity index is 2.17. The molecule has 122 valence electrons. The molecule has 1 aromatic carbocycles. The minimum atomic E-state index is -1.33. The fourth-order valence-corrected chi connectivity index (χ4v) is 4.04. The molecular weight excluding hydrogens is 298 g/mol. The molecule has 4 nitrogen and oxygen atoms in total. The number of esters is 1. The van der Waals surface area contributed by atoms with Crippen molar-refractivity contribution < 1.29 is 13.7 Å². The van der Waals surface area contributed by atoms with E-state index in [2.05, 4.69) is 0 Å². The van der Waals surface area contributed by atoms with Gasteiger partial charge in [-0.3, -0.25) is 4.79 Å². The topological polar surface area (TPSA) is 46.4 Å². The van der Waals surface area contributed by atoms with E-state index in [4.69, 9.17) is 4.74 Å². The van der Waals surface area contributed by atoms with Gasteiger partial charge in [0.25, 0.3) is 0 Å². The number of rotatable bonds is 4. The van der Waals surface area contributed by atoms with Crippen molar-refractivity contribution >= 4 is 17.0 Å². The maximum atomic E-state index is 12.7. The zero-order chi connectivity index (χ0) is 16.7. The van der Waals surface area contributed by atoms with E-state index in [1.54, 1.807) is 4.31 Å². The normalized spacial score (nSPS) is 25.9. The Bertz CT molecular complexity index is 575. The van der Waals surface area contributed by atoms with Crippen LogP contribution in [0, 0.1) is 12.8 Å². The lowest BCUT2D eigenvalue weighted by Crippen LogP contribution is -2.29. The molecule has 1 saturated heterocycles. The molecule has 1 aliphatic rings. The molecule has 0 spiro atoms. The third-order valence-electron chi connectivity index (χ3n) is 3.55. The summed E-state index contributed by atoms with van der Waals surface area (Å²) in [6.45, 7) is 11.6. The summed E-state index contributed by atoms with van der Waals surface area (Å²) in [6.07, 6.45) is 0. The Kier molecular flexibility index (Phi) is 4.78. The summed E-state index contributed by atoms with van der Waals surface area (Å²) in [4.78, 5) is 13.1. The molecule has 0 aromatic heterocycles. The molecule has 1 aliphatic heterocycles. The highest BCUT2D eigenvalue weighted by atomic mass is 32.2. The molecule has 1 aromatic rings. The van der Waals surface area contributed by atoms with Gasteiger partial charge in [-0.2, -0.15) is 4.31 Å². The Labute approximate surface area is 135 Å². The first-order valence-corrected chi connectivity index (χ1v) is 8.72. The van der Waals surface area contributed by atoms with E-state index in [-0.39, 0.29) is 17.9 Å². The molecule has 0 amide bonds. The molecule has 0 bridgehead atoms. The number of carbonyl (C=O) groups is 1. The van der Waals surface area contributed by atoms with Gasteiger partial charge >= 0.3 is 5.97 Å². The number of hydrogen-bond donors (Lipinski definition) is 0. The molecule has 2 rings (SSSR count). The number of benzene rings is 1. The minimum absolute atomic E-state index is 0.0306. The van der Waals surface area contributed by atoms with E-state index in [0.29, 0.717) is 0 Å². The van der Waals surface area contributed by atoms with Crippen molar-refractivity contribution in [3.05, 3.63) is 29.8 Å². The fraction of sp³-hybridized carbons (Fsp3) is 0.588. The second-order valence-corrected chi connectivity index (χ2v) is 8.53.